The number of nitrogens with zero attached hydrogens (tertiary/aromatic N) is 3. The van der Waals surface area contributed by atoms with Crippen LogP contribution in [0.4, 0.5) is 4.39 Å². The predicted molar refractivity (Wildman–Crippen MR) is 90.4 cm³/mol. The Kier molecular flexibility index (Phi) is 4.60. The second kappa shape index (κ2) is 6.67. The van der Waals surface area contributed by atoms with Crippen molar-refractivity contribution >= 4 is 5.91 Å². The van der Waals surface area contributed by atoms with Gasteiger partial charge in [0.25, 0.3) is 5.91 Å². The lowest BCUT2D eigenvalue weighted by Crippen LogP contribution is -2.35. The maximum Gasteiger partial charge on any atom is 0.257 e. The van der Waals surface area contributed by atoms with E-state index >= 15 is 0 Å². The first-order valence-corrected chi connectivity index (χ1v) is 8.33. The normalized spacial score (nSPS) is 20.6. The number of amides is 1. The predicted octanol–water partition coefficient (Wildman–Crippen LogP) is 3.76. The molecule has 1 aliphatic rings. The van der Waals surface area contributed by atoms with Gasteiger partial charge in [0.1, 0.15) is 12.1 Å². The molecule has 1 aliphatic heterocycles. The molecule has 1 aromatic heterocycles. The van der Waals surface area contributed by atoms with Gasteiger partial charge >= 0.3 is 0 Å². The van der Waals surface area contributed by atoms with Gasteiger partial charge in [0.15, 0.2) is 0 Å². The molecule has 2 unspecified atom stereocenters. The zero-order chi connectivity index (χ0) is 17.3. The van der Waals surface area contributed by atoms with Crippen molar-refractivity contribution < 1.29 is 9.18 Å². The third-order valence-electron chi connectivity index (χ3n) is 4.70. The Morgan fingerprint density at radius 1 is 1.29 bits per heavy atom. The smallest absolute Gasteiger partial charge is 0.257 e. The standard InChI is InChI=1S/C19H22FN3O/c1-12(2)18-17(9-21-11-22-18)19(24)23-10-15(8-13(23)3)14-4-6-16(20)7-5-14/h4-7,9,11-13,15H,8,10H2,1-3H3. The van der Waals surface area contributed by atoms with Gasteiger partial charge in [-0.2, -0.15) is 0 Å². The Morgan fingerprint density at radius 3 is 2.67 bits per heavy atom. The fourth-order valence-electron chi connectivity index (χ4n) is 3.41. The minimum absolute atomic E-state index is 0.0172. The number of rotatable bonds is 3. The highest BCUT2D eigenvalue weighted by Crippen LogP contribution is 2.33. The molecule has 1 aromatic carbocycles. The van der Waals surface area contributed by atoms with Crippen LogP contribution in [0.2, 0.25) is 0 Å². The summed E-state index contributed by atoms with van der Waals surface area (Å²) in [6, 6.07) is 6.71. The monoisotopic (exact) mass is 327 g/mol. The molecule has 1 amide bonds. The highest BCUT2D eigenvalue weighted by Gasteiger charge is 2.34. The van der Waals surface area contributed by atoms with Gasteiger partial charge in [-0.15, -0.1) is 0 Å². The van der Waals surface area contributed by atoms with Crippen LogP contribution in [-0.2, 0) is 0 Å². The summed E-state index contributed by atoms with van der Waals surface area (Å²) in [7, 11) is 0. The lowest BCUT2D eigenvalue weighted by Gasteiger charge is -2.23. The van der Waals surface area contributed by atoms with Crippen LogP contribution in [0, 0.1) is 5.82 Å². The molecule has 5 heteroatoms. The van der Waals surface area contributed by atoms with Crippen LogP contribution < -0.4 is 0 Å². The maximum absolute atomic E-state index is 13.1. The van der Waals surface area contributed by atoms with E-state index in [1.807, 2.05) is 30.9 Å². The van der Waals surface area contributed by atoms with E-state index in [4.69, 9.17) is 0 Å². The van der Waals surface area contributed by atoms with Crippen LogP contribution in [0.3, 0.4) is 0 Å². The second-order valence-electron chi connectivity index (χ2n) is 6.77. The molecule has 0 radical (unpaired) electrons. The molecule has 24 heavy (non-hydrogen) atoms. The van der Waals surface area contributed by atoms with Crippen LogP contribution >= 0.6 is 0 Å². The van der Waals surface area contributed by atoms with Gasteiger partial charge in [0, 0.05) is 24.7 Å². The summed E-state index contributed by atoms with van der Waals surface area (Å²) >= 11 is 0. The fourth-order valence-corrected chi connectivity index (χ4v) is 3.41. The average Bonchev–Trinajstić information content (AvgIpc) is 2.96. The molecule has 1 fully saturated rings. The minimum atomic E-state index is -0.235. The Bertz CT molecular complexity index is 730. The zero-order valence-electron chi connectivity index (χ0n) is 14.2. The highest BCUT2D eigenvalue weighted by molar-refractivity contribution is 5.95. The summed E-state index contributed by atoms with van der Waals surface area (Å²) in [5.41, 5.74) is 2.44. The first-order valence-electron chi connectivity index (χ1n) is 8.33. The second-order valence-corrected chi connectivity index (χ2v) is 6.77. The van der Waals surface area contributed by atoms with E-state index in [-0.39, 0.29) is 29.6 Å². The number of halogens is 1. The Labute approximate surface area is 141 Å². The molecule has 3 rings (SSSR count). The lowest BCUT2D eigenvalue weighted by molar-refractivity contribution is 0.0743. The molecule has 0 spiro atoms. The number of hydrogen-bond donors (Lipinski definition) is 0. The van der Waals surface area contributed by atoms with E-state index in [2.05, 4.69) is 16.9 Å². The Hall–Kier alpha value is -2.30. The van der Waals surface area contributed by atoms with Gasteiger partial charge in [-0.05, 0) is 37.0 Å². The van der Waals surface area contributed by atoms with Crippen molar-refractivity contribution in [2.24, 2.45) is 0 Å². The van der Waals surface area contributed by atoms with E-state index < -0.39 is 0 Å². The largest absolute Gasteiger partial charge is 0.335 e. The molecular weight excluding hydrogens is 305 g/mol. The maximum atomic E-state index is 13.1. The van der Waals surface area contributed by atoms with Gasteiger partial charge in [-0.3, -0.25) is 4.79 Å². The van der Waals surface area contributed by atoms with Crippen molar-refractivity contribution in [3.63, 3.8) is 0 Å². The molecule has 0 N–H and O–H groups in total. The summed E-state index contributed by atoms with van der Waals surface area (Å²) in [6.45, 7) is 6.74. The van der Waals surface area contributed by atoms with Crippen molar-refractivity contribution in [1.82, 2.24) is 14.9 Å². The van der Waals surface area contributed by atoms with Crippen LogP contribution in [-0.4, -0.2) is 33.4 Å². The number of likely N-dealkylation sites (tertiary alicyclic amines) is 1. The molecule has 0 bridgehead atoms. The molecule has 1 saturated heterocycles. The van der Waals surface area contributed by atoms with E-state index in [0.717, 1.165) is 17.7 Å². The SMILES string of the molecule is CC(C)c1ncncc1C(=O)N1CC(c2ccc(F)cc2)CC1C. The van der Waals surface area contributed by atoms with Gasteiger partial charge in [0.2, 0.25) is 0 Å². The third kappa shape index (κ3) is 3.16. The van der Waals surface area contributed by atoms with Crippen LogP contribution in [0.1, 0.15) is 60.6 Å². The number of carbonyl (C=O) groups excluding carboxylic acids is 1. The van der Waals surface area contributed by atoms with Crippen LogP contribution in [0.15, 0.2) is 36.8 Å². The lowest BCUT2D eigenvalue weighted by atomic mass is 9.97. The summed E-state index contributed by atoms with van der Waals surface area (Å²) in [4.78, 5) is 23.2. The average molecular weight is 327 g/mol. The van der Waals surface area contributed by atoms with E-state index in [1.54, 1.807) is 6.20 Å². The number of benzene rings is 1. The summed E-state index contributed by atoms with van der Waals surface area (Å²) in [5.74, 6) is 0.145. The minimum Gasteiger partial charge on any atom is -0.335 e. The topological polar surface area (TPSA) is 46.1 Å². The van der Waals surface area contributed by atoms with Crippen molar-refractivity contribution in [3.8, 4) is 0 Å². The summed E-state index contributed by atoms with van der Waals surface area (Å²) in [6.07, 6.45) is 3.98. The Balaban J connectivity index is 1.83. The van der Waals surface area contributed by atoms with Crippen molar-refractivity contribution in [3.05, 3.63) is 59.4 Å². The zero-order valence-corrected chi connectivity index (χ0v) is 14.2. The third-order valence-corrected chi connectivity index (χ3v) is 4.70. The van der Waals surface area contributed by atoms with Crippen molar-refractivity contribution in [2.45, 2.75) is 45.1 Å². The Morgan fingerprint density at radius 2 is 2.00 bits per heavy atom. The number of hydrogen-bond acceptors (Lipinski definition) is 3. The summed E-state index contributed by atoms with van der Waals surface area (Å²) < 4.78 is 13.1. The van der Waals surface area contributed by atoms with Crippen LogP contribution in [0.5, 0.6) is 0 Å². The van der Waals surface area contributed by atoms with Gasteiger partial charge in [0.05, 0.1) is 11.3 Å². The molecule has 0 saturated carbocycles. The number of aromatic nitrogens is 2. The molecule has 4 nitrogen and oxygen atoms in total. The first kappa shape index (κ1) is 16.6. The van der Waals surface area contributed by atoms with Crippen LogP contribution in [0.25, 0.3) is 0 Å². The molecule has 2 atom stereocenters. The quantitative estimate of drug-likeness (QED) is 0.862. The molecule has 2 aromatic rings. The summed E-state index contributed by atoms with van der Waals surface area (Å²) in [5, 5.41) is 0. The van der Waals surface area contributed by atoms with E-state index in [1.165, 1.54) is 18.5 Å². The fraction of sp³-hybridized carbons (Fsp3) is 0.421. The van der Waals surface area contributed by atoms with E-state index in [0.29, 0.717) is 12.1 Å². The van der Waals surface area contributed by atoms with Crippen molar-refractivity contribution in [1.29, 1.82) is 0 Å². The number of carbonyl (C=O) groups is 1. The van der Waals surface area contributed by atoms with Gasteiger partial charge < -0.3 is 4.90 Å². The first-order chi connectivity index (χ1) is 11.5. The van der Waals surface area contributed by atoms with Gasteiger partial charge in [-0.1, -0.05) is 26.0 Å². The molecular formula is C19H22FN3O. The van der Waals surface area contributed by atoms with E-state index in [9.17, 15) is 9.18 Å². The molecule has 126 valence electrons. The molecule has 0 aliphatic carbocycles. The van der Waals surface area contributed by atoms with Gasteiger partial charge in [-0.25, -0.2) is 14.4 Å². The molecule has 2 heterocycles. The highest BCUT2D eigenvalue weighted by atomic mass is 19.1. The van der Waals surface area contributed by atoms with Crippen molar-refractivity contribution in [2.75, 3.05) is 6.54 Å².